The number of halogens is 3. The fourth-order valence-corrected chi connectivity index (χ4v) is 4.17. The lowest BCUT2D eigenvalue weighted by Gasteiger charge is -2.24. The summed E-state index contributed by atoms with van der Waals surface area (Å²) in [7, 11) is 0. The maximum atomic E-state index is 14.0. The number of fused-ring (bicyclic) bond motifs is 1. The van der Waals surface area contributed by atoms with Crippen LogP contribution in [0.1, 0.15) is 41.3 Å². The average Bonchev–Trinajstić information content (AvgIpc) is 3.24. The molecule has 1 amide bonds. The molecule has 0 spiro atoms. The molecule has 1 aromatic carbocycles. The monoisotopic (exact) mass is 351 g/mol. The van der Waals surface area contributed by atoms with Crippen LogP contribution in [0.2, 0.25) is 0 Å². The van der Waals surface area contributed by atoms with E-state index >= 15 is 0 Å². The van der Waals surface area contributed by atoms with Crippen LogP contribution < -0.4 is 0 Å². The Morgan fingerprint density at radius 2 is 2.08 bits per heavy atom. The van der Waals surface area contributed by atoms with E-state index in [0.717, 1.165) is 25.3 Å². The molecular formula is C17H16F3N3O2. The number of hydrogen-bond donors (Lipinski definition) is 0. The van der Waals surface area contributed by atoms with Gasteiger partial charge in [0.15, 0.2) is 17.5 Å². The number of carbonyl (C=O) groups excluding carboxylic acids is 1. The summed E-state index contributed by atoms with van der Waals surface area (Å²) >= 11 is 0. The Morgan fingerprint density at radius 1 is 1.32 bits per heavy atom. The molecule has 1 aromatic heterocycles. The molecule has 0 unspecified atom stereocenters. The standard InChI is InChI=1S/C17H16F3N3O2/c1-9-21-16(25-22-9)17-6-2-3-10(17)7-23(8-17)15(24)13-11(18)4-5-12(19)14(13)20/h4-5,10H,2-3,6-8H2,1H3/t10-,17-/m0/s1. The summed E-state index contributed by atoms with van der Waals surface area (Å²) in [6.45, 7) is 2.27. The molecule has 1 aliphatic carbocycles. The third-order valence-corrected chi connectivity index (χ3v) is 5.37. The van der Waals surface area contributed by atoms with E-state index in [1.807, 2.05) is 0 Å². The van der Waals surface area contributed by atoms with Gasteiger partial charge >= 0.3 is 0 Å². The molecule has 2 aromatic rings. The van der Waals surface area contributed by atoms with E-state index in [2.05, 4.69) is 10.1 Å². The largest absolute Gasteiger partial charge is 0.339 e. The normalized spacial score (nSPS) is 25.4. The van der Waals surface area contributed by atoms with Gasteiger partial charge in [-0.05, 0) is 37.8 Å². The van der Waals surface area contributed by atoms with E-state index in [9.17, 15) is 18.0 Å². The van der Waals surface area contributed by atoms with Crippen molar-refractivity contribution < 1.29 is 22.5 Å². The van der Waals surface area contributed by atoms with Gasteiger partial charge in [-0.25, -0.2) is 13.2 Å². The summed E-state index contributed by atoms with van der Waals surface area (Å²) in [5, 5.41) is 3.83. The van der Waals surface area contributed by atoms with Gasteiger partial charge in [0.25, 0.3) is 5.91 Å². The molecule has 2 atom stereocenters. The lowest BCUT2D eigenvalue weighted by atomic mass is 9.80. The van der Waals surface area contributed by atoms with Gasteiger partial charge in [0.05, 0.1) is 5.41 Å². The van der Waals surface area contributed by atoms with E-state index < -0.39 is 34.3 Å². The number of benzene rings is 1. The Hall–Kier alpha value is -2.38. The summed E-state index contributed by atoms with van der Waals surface area (Å²) in [6.07, 6.45) is 2.58. The molecule has 0 radical (unpaired) electrons. The highest BCUT2D eigenvalue weighted by molar-refractivity contribution is 5.95. The number of aryl methyl sites for hydroxylation is 1. The average molecular weight is 351 g/mol. The topological polar surface area (TPSA) is 59.2 Å². The minimum Gasteiger partial charge on any atom is -0.339 e. The molecule has 1 saturated carbocycles. The lowest BCUT2D eigenvalue weighted by Crippen LogP contribution is -2.35. The summed E-state index contributed by atoms with van der Waals surface area (Å²) in [5.74, 6) is -3.57. The van der Waals surface area contributed by atoms with Gasteiger partial charge in [-0.15, -0.1) is 0 Å². The van der Waals surface area contributed by atoms with Crippen molar-refractivity contribution in [2.24, 2.45) is 5.92 Å². The van der Waals surface area contributed by atoms with Gasteiger partial charge in [-0.3, -0.25) is 4.79 Å². The van der Waals surface area contributed by atoms with Gasteiger partial charge in [-0.1, -0.05) is 11.6 Å². The minimum absolute atomic E-state index is 0.0796. The predicted octanol–water partition coefficient (Wildman–Crippen LogP) is 2.99. The smallest absolute Gasteiger partial charge is 0.259 e. The van der Waals surface area contributed by atoms with Gasteiger partial charge in [0, 0.05) is 13.1 Å². The molecule has 25 heavy (non-hydrogen) atoms. The van der Waals surface area contributed by atoms with Crippen LogP contribution in [0.5, 0.6) is 0 Å². The number of carbonyl (C=O) groups is 1. The van der Waals surface area contributed by atoms with Crippen LogP contribution in [0.4, 0.5) is 13.2 Å². The maximum Gasteiger partial charge on any atom is 0.259 e. The zero-order valence-corrected chi connectivity index (χ0v) is 13.6. The van der Waals surface area contributed by atoms with Crippen LogP contribution in [-0.2, 0) is 5.41 Å². The Labute approximate surface area is 141 Å². The quantitative estimate of drug-likeness (QED) is 0.781. The molecule has 4 rings (SSSR count). The second kappa shape index (κ2) is 5.57. The van der Waals surface area contributed by atoms with E-state index in [1.165, 1.54) is 4.90 Å². The second-order valence-corrected chi connectivity index (χ2v) is 6.80. The van der Waals surface area contributed by atoms with Gasteiger partial charge in [0.2, 0.25) is 5.89 Å². The molecule has 8 heteroatoms. The zero-order valence-electron chi connectivity index (χ0n) is 13.6. The van der Waals surface area contributed by atoms with Gasteiger partial charge in [0.1, 0.15) is 11.4 Å². The first kappa shape index (κ1) is 16.1. The van der Waals surface area contributed by atoms with Crippen LogP contribution in [0.25, 0.3) is 0 Å². The molecule has 0 N–H and O–H groups in total. The predicted molar refractivity (Wildman–Crippen MR) is 80.3 cm³/mol. The minimum atomic E-state index is -1.45. The molecule has 2 heterocycles. The molecular weight excluding hydrogens is 335 g/mol. The van der Waals surface area contributed by atoms with Crippen LogP contribution >= 0.6 is 0 Å². The summed E-state index contributed by atoms with van der Waals surface area (Å²) in [5.41, 5.74) is -1.34. The van der Waals surface area contributed by atoms with Crippen molar-refractivity contribution in [1.82, 2.24) is 15.0 Å². The molecule has 5 nitrogen and oxygen atoms in total. The number of amides is 1. The maximum absolute atomic E-state index is 14.0. The number of likely N-dealkylation sites (tertiary alicyclic amines) is 1. The summed E-state index contributed by atoms with van der Waals surface area (Å²) < 4.78 is 46.7. The van der Waals surface area contributed by atoms with Crippen molar-refractivity contribution in [3.63, 3.8) is 0 Å². The Balaban J connectivity index is 1.68. The Morgan fingerprint density at radius 3 is 2.80 bits per heavy atom. The highest BCUT2D eigenvalue weighted by Gasteiger charge is 2.55. The molecule has 1 aliphatic heterocycles. The fraction of sp³-hybridized carbons (Fsp3) is 0.471. The van der Waals surface area contributed by atoms with Crippen LogP contribution in [-0.4, -0.2) is 34.0 Å². The van der Waals surface area contributed by atoms with Crippen molar-refractivity contribution in [3.8, 4) is 0 Å². The van der Waals surface area contributed by atoms with E-state index in [4.69, 9.17) is 4.52 Å². The van der Waals surface area contributed by atoms with Crippen LogP contribution in [0, 0.1) is 30.3 Å². The SMILES string of the molecule is Cc1noc([C@]23CCC[C@H]2CN(C(=O)c2c(F)ccc(F)c2F)C3)n1. The van der Waals surface area contributed by atoms with Crippen molar-refractivity contribution in [2.45, 2.75) is 31.6 Å². The first-order valence-electron chi connectivity index (χ1n) is 8.16. The van der Waals surface area contributed by atoms with Gasteiger partial charge in [-0.2, -0.15) is 4.98 Å². The first-order chi connectivity index (χ1) is 11.9. The van der Waals surface area contributed by atoms with Crippen molar-refractivity contribution in [1.29, 1.82) is 0 Å². The van der Waals surface area contributed by atoms with Crippen molar-refractivity contribution in [2.75, 3.05) is 13.1 Å². The lowest BCUT2D eigenvalue weighted by molar-refractivity contribution is 0.0764. The second-order valence-electron chi connectivity index (χ2n) is 6.80. The first-order valence-corrected chi connectivity index (χ1v) is 8.16. The van der Waals surface area contributed by atoms with Crippen molar-refractivity contribution in [3.05, 3.63) is 46.9 Å². The molecule has 2 fully saturated rings. The van der Waals surface area contributed by atoms with E-state index in [1.54, 1.807) is 6.92 Å². The number of rotatable bonds is 2. The highest BCUT2D eigenvalue weighted by atomic mass is 19.2. The molecule has 132 valence electrons. The molecule has 2 aliphatic rings. The summed E-state index contributed by atoms with van der Waals surface area (Å²) in [6, 6.07) is 1.43. The third-order valence-electron chi connectivity index (χ3n) is 5.37. The number of aromatic nitrogens is 2. The van der Waals surface area contributed by atoms with Gasteiger partial charge < -0.3 is 9.42 Å². The van der Waals surface area contributed by atoms with E-state index in [-0.39, 0.29) is 12.5 Å². The summed E-state index contributed by atoms with van der Waals surface area (Å²) in [4.78, 5) is 18.3. The van der Waals surface area contributed by atoms with E-state index in [0.29, 0.717) is 24.3 Å². The van der Waals surface area contributed by atoms with Crippen molar-refractivity contribution >= 4 is 5.91 Å². The highest BCUT2D eigenvalue weighted by Crippen LogP contribution is 2.50. The number of hydrogen-bond acceptors (Lipinski definition) is 4. The van der Waals surface area contributed by atoms with Crippen LogP contribution in [0.3, 0.4) is 0 Å². The Bertz CT molecular complexity index is 854. The zero-order chi connectivity index (χ0) is 17.8. The van der Waals surface area contributed by atoms with Crippen LogP contribution in [0.15, 0.2) is 16.7 Å². The fourth-order valence-electron chi connectivity index (χ4n) is 4.17. The Kier molecular flexibility index (Phi) is 3.59. The molecule has 0 bridgehead atoms. The number of nitrogens with zero attached hydrogens (tertiary/aromatic N) is 3. The molecule has 1 saturated heterocycles. The third kappa shape index (κ3) is 2.34.